The molecule has 2 saturated heterocycles. The number of ether oxygens (including phenoxy) is 1. The van der Waals surface area contributed by atoms with Crippen LogP contribution in [0.15, 0.2) is 33.7 Å². The molecule has 3 rings (SSSR count). The predicted molar refractivity (Wildman–Crippen MR) is 113 cm³/mol. The first-order valence-electron chi connectivity index (χ1n) is 8.37. The van der Waals surface area contributed by atoms with Crippen LogP contribution in [0, 0.1) is 0 Å². The van der Waals surface area contributed by atoms with Crippen LogP contribution in [0.2, 0.25) is 0 Å². The van der Waals surface area contributed by atoms with Crippen LogP contribution in [0.3, 0.4) is 0 Å². The van der Waals surface area contributed by atoms with Gasteiger partial charge in [-0.15, -0.1) is 24.0 Å². The Morgan fingerprint density at radius 1 is 1.33 bits per heavy atom. The molecule has 24 heavy (non-hydrogen) atoms. The van der Waals surface area contributed by atoms with E-state index in [0.29, 0.717) is 18.2 Å². The monoisotopic (exact) mass is 507 g/mol. The highest BCUT2D eigenvalue weighted by atomic mass is 127. The zero-order chi connectivity index (χ0) is 16.4. The van der Waals surface area contributed by atoms with Crippen molar-refractivity contribution in [1.29, 1.82) is 0 Å². The zero-order valence-electron chi connectivity index (χ0n) is 14.5. The highest BCUT2D eigenvalue weighted by Crippen LogP contribution is 2.34. The highest BCUT2D eigenvalue weighted by Gasteiger charge is 2.41. The van der Waals surface area contributed by atoms with Crippen molar-refractivity contribution in [2.75, 3.05) is 13.6 Å². The Morgan fingerprint density at radius 2 is 2.08 bits per heavy atom. The van der Waals surface area contributed by atoms with Crippen molar-refractivity contribution >= 4 is 45.9 Å². The van der Waals surface area contributed by atoms with Gasteiger partial charge >= 0.3 is 0 Å². The zero-order valence-corrected chi connectivity index (χ0v) is 18.4. The van der Waals surface area contributed by atoms with Gasteiger partial charge in [-0.3, -0.25) is 4.99 Å². The Morgan fingerprint density at radius 3 is 2.67 bits per heavy atom. The van der Waals surface area contributed by atoms with Crippen molar-refractivity contribution in [2.24, 2.45) is 4.99 Å². The minimum absolute atomic E-state index is 0. The number of nitrogens with zero attached hydrogens (tertiary/aromatic N) is 1. The molecular weight excluding hydrogens is 481 g/mol. The van der Waals surface area contributed by atoms with E-state index in [4.69, 9.17) is 4.74 Å². The van der Waals surface area contributed by atoms with Crippen molar-refractivity contribution in [2.45, 2.75) is 56.8 Å². The maximum atomic E-state index is 5.91. The first-order valence-corrected chi connectivity index (χ1v) is 9.16. The van der Waals surface area contributed by atoms with Gasteiger partial charge in [-0.1, -0.05) is 48.0 Å². The molecule has 0 spiro atoms. The van der Waals surface area contributed by atoms with Crippen molar-refractivity contribution in [3.63, 3.8) is 0 Å². The van der Waals surface area contributed by atoms with Gasteiger partial charge in [0.1, 0.15) is 0 Å². The minimum Gasteiger partial charge on any atom is -0.373 e. The number of benzene rings is 1. The third-order valence-corrected chi connectivity index (χ3v) is 5.64. The molecule has 2 fully saturated rings. The third-order valence-electron chi connectivity index (χ3n) is 4.95. The van der Waals surface area contributed by atoms with E-state index in [1.54, 1.807) is 0 Å². The number of aliphatic imine (C=N–C) groups is 1. The lowest BCUT2D eigenvalue weighted by Gasteiger charge is -2.29. The van der Waals surface area contributed by atoms with E-state index in [1.807, 2.05) is 13.1 Å². The van der Waals surface area contributed by atoms with Gasteiger partial charge in [0.05, 0.1) is 18.2 Å². The van der Waals surface area contributed by atoms with Crippen LogP contribution < -0.4 is 10.6 Å². The Hall–Kier alpha value is -0.340. The molecule has 2 N–H and O–H groups in total. The Bertz CT molecular complexity index is 593. The Kier molecular flexibility index (Phi) is 6.96. The lowest BCUT2D eigenvalue weighted by molar-refractivity contribution is 0.0992. The second-order valence-corrected chi connectivity index (χ2v) is 8.00. The minimum atomic E-state index is 0. The number of halogens is 2. The van der Waals surface area contributed by atoms with Gasteiger partial charge in [-0.05, 0) is 30.9 Å². The fourth-order valence-electron chi connectivity index (χ4n) is 3.57. The molecule has 0 aromatic heterocycles. The highest BCUT2D eigenvalue weighted by molar-refractivity contribution is 14.0. The molecule has 2 heterocycles. The molecule has 1 aromatic carbocycles. The third kappa shape index (κ3) is 4.43. The van der Waals surface area contributed by atoms with E-state index in [9.17, 15) is 0 Å². The topological polar surface area (TPSA) is 45.7 Å². The fraction of sp³-hybridized carbons (Fsp3) is 0.611. The van der Waals surface area contributed by atoms with Crippen LogP contribution in [-0.4, -0.2) is 37.8 Å². The largest absolute Gasteiger partial charge is 0.373 e. The van der Waals surface area contributed by atoms with E-state index < -0.39 is 0 Å². The normalized spacial score (nSPS) is 26.2. The van der Waals surface area contributed by atoms with Crippen molar-refractivity contribution in [1.82, 2.24) is 10.6 Å². The van der Waals surface area contributed by atoms with E-state index in [1.165, 1.54) is 18.4 Å². The van der Waals surface area contributed by atoms with E-state index in [0.717, 1.165) is 23.4 Å². The summed E-state index contributed by atoms with van der Waals surface area (Å²) in [6.07, 6.45) is 4.28. The molecule has 3 unspecified atom stereocenters. The van der Waals surface area contributed by atoms with Crippen LogP contribution in [0.25, 0.3) is 0 Å². The maximum Gasteiger partial charge on any atom is 0.191 e. The molecule has 1 aromatic rings. The van der Waals surface area contributed by atoms with Crippen molar-refractivity contribution in [3.8, 4) is 0 Å². The van der Waals surface area contributed by atoms with Gasteiger partial charge in [0, 0.05) is 23.5 Å². The van der Waals surface area contributed by atoms with Crippen molar-refractivity contribution in [3.05, 3.63) is 34.3 Å². The summed E-state index contributed by atoms with van der Waals surface area (Å²) >= 11 is 3.66. The molecule has 2 bridgehead atoms. The van der Waals surface area contributed by atoms with E-state index >= 15 is 0 Å². The SMILES string of the molecule is CN=C(NCC(C)(C)c1ccccc1Br)NC1CC2CCC1O2.I. The molecule has 0 amide bonds. The number of fused-ring (bicyclic) bond motifs is 2. The second kappa shape index (κ2) is 8.36. The number of rotatable bonds is 4. The molecule has 0 saturated carbocycles. The predicted octanol–water partition coefficient (Wildman–Crippen LogP) is 3.83. The van der Waals surface area contributed by atoms with Crippen LogP contribution in [0.1, 0.15) is 38.7 Å². The van der Waals surface area contributed by atoms with Crippen LogP contribution >= 0.6 is 39.9 Å². The molecule has 0 radical (unpaired) electrons. The van der Waals surface area contributed by atoms with Crippen LogP contribution in [0.5, 0.6) is 0 Å². The van der Waals surface area contributed by atoms with E-state index in [2.05, 4.69) is 63.6 Å². The molecular formula is C18H27BrIN3O. The van der Waals surface area contributed by atoms with E-state index in [-0.39, 0.29) is 29.4 Å². The smallest absolute Gasteiger partial charge is 0.191 e. The van der Waals surface area contributed by atoms with Gasteiger partial charge in [-0.25, -0.2) is 0 Å². The Balaban J connectivity index is 0.00000208. The summed E-state index contributed by atoms with van der Waals surface area (Å²) in [6, 6.07) is 8.79. The molecule has 134 valence electrons. The lowest BCUT2D eigenvalue weighted by Crippen LogP contribution is -2.49. The fourth-order valence-corrected chi connectivity index (χ4v) is 4.39. The first kappa shape index (κ1) is 20.0. The molecule has 4 nitrogen and oxygen atoms in total. The molecule has 6 heteroatoms. The van der Waals surface area contributed by atoms with Gasteiger partial charge in [0.15, 0.2) is 5.96 Å². The summed E-state index contributed by atoms with van der Waals surface area (Å²) in [6.45, 7) is 5.30. The summed E-state index contributed by atoms with van der Waals surface area (Å²) in [5, 5.41) is 7.02. The summed E-state index contributed by atoms with van der Waals surface area (Å²) in [4.78, 5) is 4.38. The number of hydrogen-bond donors (Lipinski definition) is 2. The average molecular weight is 508 g/mol. The molecule has 2 aliphatic rings. The van der Waals surface area contributed by atoms with Crippen molar-refractivity contribution < 1.29 is 4.74 Å². The first-order chi connectivity index (χ1) is 11.0. The molecule has 0 aliphatic carbocycles. The standard InChI is InChI=1S/C18H26BrN3O.HI/c1-18(2,13-6-4-5-7-14(13)19)11-21-17(20-3)22-15-10-12-8-9-16(15)23-12;/h4-7,12,15-16H,8-11H2,1-3H3,(H2,20,21,22);1H. The Labute approximate surface area is 170 Å². The van der Waals surface area contributed by atoms with Gasteiger partial charge in [0.2, 0.25) is 0 Å². The summed E-state index contributed by atoms with van der Waals surface area (Å²) < 4.78 is 7.06. The number of nitrogens with one attached hydrogen (secondary N) is 2. The van der Waals surface area contributed by atoms with Gasteiger partial charge < -0.3 is 15.4 Å². The number of hydrogen-bond acceptors (Lipinski definition) is 2. The molecule has 2 aliphatic heterocycles. The second-order valence-electron chi connectivity index (χ2n) is 7.15. The summed E-state index contributed by atoms with van der Waals surface area (Å²) in [7, 11) is 1.83. The van der Waals surface area contributed by atoms with Gasteiger partial charge in [-0.2, -0.15) is 0 Å². The lowest BCUT2D eigenvalue weighted by atomic mass is 9.84. The average Bonchev–Trinajstić information content (AvgIpc) is 3.14. The number of guanidine groups is 1. The summed E-state index contributed by atoms with van der Waals surface area (Å²) in [5.41, 5.74) is 1.30. The maximum absolute atomic E-state index is 5.91. The quantitative estimate of drug-likeness (QED) is 0.370. The molecule has 3 atom stereocenters. The van der Waals surface area contributed by atoms with Crippen LogP contribution in [-0.2, 0) is 10.2 Å². The van der Waals surface area contributed by atoms with Crippen LogP contribution in [0.4, 0.5) is 0 Å². The summed E-state index contributed by atoms with van der Waals surface area (Å²) in [5.74, 6) is 0.867. The van der Waals surface area contributed by atoms with Gasteiger partial charge in [0.25, 0.3) is 0 Å².